The van der Waals surface area contributed by atoms with Gasteiger partial charge in [0.15, 0.2) is 5.96 Å². The molecule has 1 heterocycles. The molecular weight excluding hydrogens is 342 g/mol. The van der Waals surface area contributed by atoms with E-state index in [1.165, 1.54) is 5.56 Å². The topological polar surface area (TPSA) is 69.2 Å². The monoisotopic (exact) mass is 375 g/mol. The number of nitrogens with zero attached hydrogens (tertiary/aromatic N) is 3. The van der Waals surface area contributed by atoms with Crippen molar-refractivity contribution in [2.45, 2.75) is 12.8 Å². The quantitative estimate of drug-likeness (QED) is 0.375. The number of carbonyl (C=O) groups is 1. The molecule has 1 fully saturated rings. The predicted molar refractivity (Wildman–Crippen MR) is 109 cm³/mol. The Morgan fingerprint density at radius 2 is 1.85 bits per heavy atom. The Bertz CT molecular complexity index is 571. The number of hydrogen-bond donors (Lipinski definition) is 2. The molecule has 1 aliphatic heterocycles. The van der Waals surface area contributed by atoms with Gasteiger partial charge in [0, 0.05) is 40.3 Å². The summed E-state index contributed by atoms with van der Waals surface area (Å²) in [5.74, 6) is 0.690. The molecule has 1 saturated heterocycles. The molecule has 7 heteroatoms. The molecule has 1 amide bonds. The van der Waals surface area contributed by atoms with Crippen LogP contribution in [-0.2, 0) is 16.0 Å². The van der Waals surface area contributed by atoms with E-state index in [0.717, 1.165) is 58.8 Å². The van der Waals surface area contributed by atoms with E-state index in [-0.39, 0.29) is 12.5 Å². The van der Waals surface area contributed by atoms with Crippen molar-refractivity contribution in [3.63, 3.8) is 0 Å². The minimum atomic E-state index is -0.00697. The highest BCUT2D eigenvalue weighted by molar-refractivity contribution is 5.84. The number of guanidine groups is 1. The molecule has 1 aromatic carbocycles. The number of benzene rings is 1. The number of likely N-dealkylation sites (N-methyl/N-ethyl adjacent to an activating group) is 1. The molecule has 1 aliphatic rings. The number of morpholine rings is 1. The van der Waals surface area contributed by atoms with E-state index in [2.05, 4.69) is 32.7 Å². The second kappa shape index (κ2) is 12.3. The first-order chi connectivity index (χ1) is 13.1. The molecule has 1 aromatic rings. The zero-order valence-electron chi connectivity index (χ0n) is 16.6. The van der Waals surface area contributed by atoms with E-state index in [1.807, 2.05) is 18.2 Å². The highest BCUT2D eigenvalue weighted by Crippen LogP contribution is 1.99. The zero-order chi connectivity index (χ0) is 19.3. The summed E-state index contributed by atoms with van der Waals surface area (Å²) in [7, 11) is 3.49. The average molecular weight is 376 g/mol. The lowest BCUT2D eigenvalue weighted by Gasteiger charge is -2.26. The first kappa shape index (κ1) is 21.2. The predicted octanol–water partition coefficient (Wildman–Crippen LogP) is 0.575. The van der Waals surface area contributed by atoms with E-state index in [1.54, 1.807) is 19.0 Å². The molecule has 150 valence electrons. The molecule has 7 nitrogen and oxygen atoms in total. The van der Waals surface area contributed by atoms with Gasteiger partial charge in [0.1, 0.15) is 6.54 Å². The van der Waals surface area contributed by atoms with Gasteiger partial charge in [-0.25, -0.2) is 4.99 Å². The molecule has 0 unspecified atom stereocenters. The Hall–Kier alpha value is -2.12. The van der Waals surface area contributed by atoms with Crippen LogP contribution in [0.25, 0.3) is 0 Å². The first-order valence-corrected chi connectivity index (χ1v) is 9.71. The van der Waals surface area contributed by atoms with Gasteiger partial charge in [0.25, 0.3) is 0 Å². The average Bonchev–Trinajstić information content (AvgIpc) is 2.70. The maximum absolute atomic E-state index is 11.8. The number of hydrogen-bond acceptors (Lipinski definition) is 4. The Morgan fingerprint density at radius 3 is 2.56 bits per heavy atom. The van der Waals surface area contributed by atoms with Crippen molar-refractivity contribution in [3.8, 4) is 0 Å². The fourth-order valence-electron chi connectivity index (χ4n) is 2.77. The molecule has 0 bridgehead atoms. The van der Waals surface area contributed by atoms with Crippen molar-refractivity contribution in [2.75, 3.05) is 66.6 Å². The first-order valence-electron chi connectivity index (χ1n) is 9.71. The van der Waals surface area contributed by atoms with Gasteiger partial charge in [-0.3, -0.25) is 9.69 Å². The second-order valence-corrected chi connectivity index (χ2v) is 6.85. The highest BCUT2D eigenvalue weighted by atomic mass is 16.5. The van der Waals surface area contributed by atoms with Crippen LogP contribution in [0.3, 0.4) is 0 Å². The zero-order valence-corrected chi connectivity index (χ0v) is 16.6. The summed E-state index contributed by atoms with van der Waals surface area (Å²) in [6, 6.07) is 10.3. The van der Waals surface area contributed by atoms with Crippen molar-refractivity contribution in [1.82, 2.24) is 20.4 Å². The molecular formula is C20H33N5O2. The maximum atomic E-state index is 11.8. The van der Waals surface area contributed by atoms with E-state index in [4.69, 9.17) is 4.74 Å². The number of amides is 1. The van der Waals surface area contributed by atoms with Gasteiger partial charge < -0.3 is 20.3 Å². The molecule has 0 radical (unpaired) electrons. The van der Waals surface area contributed by atoms with Gasteiger partial charge in [-0.1, -0.05) is 30.3 Å². The summed E-state index contributed by atoms with van der Waals surface area (Å²) in [6.07, 6.45) is 1.94. The van der Waals surface area contributed by atoms with Gasteiger partial charge in [-0.15, -0.1) is 0 Å². The summed E-state index contributed by atoms with van der Waals surface area (Å²) in [6.45, 7) is 6.46. The van der Waals surface area contributed by atoms with Crippen LogP contribution < -0.4 is 10.6 Å². The van der Waals surface area contributed by atoms with Crippen molar-refractivity contribution in [2.24, 2.45) is 4.99 Å². The fourth-order valence-corrected chi connectivity index (χ4v) is 2.77. The third-order valence-corrected chi connectivity index (χ3v) is 4.47. The van der Waals surface area contributed by atoms with E-state index >= 15 is 0 Å². The molecule has 0 aromatic heterocycles. The standard InChI is InChI=1S/C20H33N5O2/c1-24(2)19(26)17-23-20(22-11-9-18-7-4-3-5-8-18)21-10-6-12-25-13-15-27-16-14-25/h3-5,7-8H,6,9-17H2,1-2H3,(H2,21,22,23). The van der Waals surface area contributed by atoms with Crippen molar-refractivity contribution < 1.29 is 9.53 Å². The normalized spacial score (nSPS) is 15.4. The number of nitrogens with one attached hydrogen (secondary N) is 2. The van der Waals surface area contributed by atoms with Crippen LogP contribution in [0.1, 0.15) is 12.0 Å². The highest BCUT2D eigenvalue weighted by Gasteiger charge is 2.09. The van der Waals surface area contributed by atoms with Crippen LogP contribution in [0.15, 0.2) is 35.3 Å². The molecule has 0 saturated carbocycles. The van der Waals surface area contributed by atoms with Crippen molar-refractivity contribution in [3.05, 3.63) is 35.9 Å². The maximum Gasteiger partial charge on any atom is 0.243 e. The summed E-state index contributed by atoms with van der Waals surface area (Å²) in [5.41, 5.74) is 1.28. The summed E-state index contributed by atoms with van der Waals surface area (Å²) < 4.78 is 5.38. The minimum Gasteiger partial charge on any atom is -0.379 e. The number of rotatable bonds is 9. The SMILES string of the molecule is CN(C)C(=O)CN=C(NCCCN1CCOCC1)NCCc1ccccc1. The summed E-state index contributed by atoms with van der Waals surface area (Å²) in [5, 5.41) is 6.69. The molecule has 0 atom stereocenters. The molecule has 0 spiro atoms. The van der Waals surface area contributed by atoms with Gasteiger partial charge in [0.2, 0.25) is 5.91 Å². The van der Waals surface area contributed by atoms with E-state index in [9.17, 15) is 4.79 Å². The van der Waals surface area contributed by atoms with Gasteiger partial charge >= 0.3 is 0 Å². The Morgan fingerprint density at radius 1 is 1.15 bits per heavy atom. The molecule has 27 heavy (non-hydrogen) atoms. The molecule has 2 rings (SSSR count). The van der Waals surface area contributed by atoms with Crippen molar-refractivity contribution in [1.29, 1.82) is 0 Å². The lowest BCUT2D eigenvalue weighted by Crippen LogP contribution is -2.41. The minimum absolute atomic E-state index is 0.00697. The Kier molecular flexibility index (Phi) is 9.65. The third kappa shape index (κ3) is 8.88. The second-order valence-electron chi connectivity index (χ2n) is 6.85. The van der Waals surface area contributed by atoms with Gasteiger partial charge in [0.05, 0.1) is 13.2 Å². The smallest absolute Gasteiger partial charge is 0.243 e. The van der Waals surface area contributed by atoms with Crippen molar-refractivity contribution >= 4 is 11.9 Å². The van der Waals surface area contributed by atoms with E-state index < -0.39 is 0 Å². The Labute approximate surface area is 162 Å². The fraction of sp³-hybridized carbons (Fsp3) is 0.600. The van der Waals surface area contributed by atoms with Crippen LogP contribution in [0, 0.1) is 0 Å². The lowest BCUT2D eigenvalue weighted by atomic mass is 10.1. The lowest BCUT2D eigenvalue weighted by molar-refractivity contribution is -0.127. The van der Waals surface area contributed by atoms with Crippen LogP contribution in [0.5, 0.6) is 0 Å². The molecule has 2 N–H and O–H groups in total. The summed E-state index contributed by atoms with van der Waals surface area (Å²) in [4.78, 5) is 20.2. The van der Waals surface area contributed by atoms with Crippen LogP contribution in [-0.4, -0.2) is 88.2 Å². The summed E-state index contributed by atoms with van der Waals surface area (Å²) >= 11 is 0. The number of ether oxygens (including phenoxy) is 1. The van der Waals surface area contributed by atoms with Gasteiger partial charge in [-0.2, -0.15) is 0 Å². The number of aliphatic imine (C=N–C) groups is 1. The van der Waals surface area contributed by atoms with Crippen LogP contribution in [0.4, 0.5) is 0 Å². The van der Waals surface area contributed by atoms with Crippen LogP contribution in [0.2, 0.25) is 0 Å². The Balaban J connectivity index is 1.75. The number of carbonyl (C=O) groups excluding carboxylic acids is 1. The van der Waals surface area contributed by atoms with Gasteiger partial charge in [-0.05, 0) is 24.9 Å². The van der Waals surface area contributed by atoms with E-state index in [0.29, 0.717) is 5.96 Å². The van der Waals surface area contributed by atoms with Crippen LogP contribution >= 0.6 is 0 Å². The third-order valence-electron chi connectivity index (χ3n) is 4.47. The molecule has 0 aliphatic carbocycles. The largest absolute Gasteiger partial charge is 0.379 e.